The number of rotatable bonds is 6. The Labute approximate surface area is 199 Å². The highest BCUT2D eigenvalue weighted by atomic mass is 19.3. The van der Waals surface area contributed by atoms with Crippen molar-refractivity contribution in [2.75, 3.05) is 18.8 Å². The minimum atomic E-state index is -2.94. The highest BCUT2D eigenvalue weighted by molar-refractivity contribution is 5.97. The van der Waals surface area contributed by atoms with Crippen molar-refractivity contribution in [3.63, 3.8) is 0 Å². The van der Waals surface area contributed by atoms with Gasteiger partial charge >= 0.3 is 0 Å². The molecule has 0 spiro atoms. The Morgan fingerprint density at radius 1 is 1.34 bits per heavy atom. The number of carbonyl (C=O) groups excluding carboxylic acids is 1. The van der Waals surface area contributed by atoms with Gasteiger partial charge in [0.05, 0.1) is 36.8 Å². The van der Waals surface area contributed by atoms with Gasteiger partial charge in [-0.25, -0.2) is 23.1 Å². The quantitative estimate of drug-likeness (QED) is 0.418. The molecular formula is C23H26F3N7O2. The fourth-order valence-corrected chi connectivity index (χ4v) is 3.88. The van der Waals surface area contributed by atoms with Gasteiger partial charge in [-0.05, 0) is 31.5 Å². The number of hydrogen-bond acceptors (Lipinski definition) is 7. The van der Waals surface area contributed by atoms with E-state index in [9.17, 15) is 23.1 Å². The lowest BCUT2D eigenvalue weighted by molar-refractivity contribution is -0.0301. The number of halogens is 3. The molecule has 0 bridgehead atoms. The first-order valence-electron chi connectivity index (χ1n) is 11.0. The van der Waals surface area contributed by atoms with Gasteiger partial charge in [-0.1, -0.05) is 6.07 Å². The Kier molecular flexibility index (Phi) is 6.52. The summed E-state index contributed by atoms with van der Waals surface area (Å²) in [5, 5.41) is 19.3. The van der Waals surface area contributed by atoms with E-state index in [2.05, 4.69) is 25.7 Å². The van der Waals surface area contributed by atoms with E-state index in [-0.39, 0.29) is 35.9 Å². The molecule has 1 atom stereocenters. The molecule has 1 aliphatic heterocycles. The van der Waals surface area contributed by atoms with Gasteiger partial charge in [-0.3, -0.25) is 9.48 Å². The Morgan fingerprint density at radius 3 is 2.83 bits per heavy atom. The van der Waals surface area contributed by atoms with Gasteiger partial charge in [0, 0.05) is 36.3 Å². The van der Waals surface area contributed by atoms with Crippen LogP contribution in [0.3, 0.4) is 0 Å². The summed E-state index contributed by atoms with van der Waals surface area (Å²) >= 11 is 0. The Balaban J connectivity index is 1.60. The van der Waals surface area contributed by atoms with Crippen molar-refractivity contribution in [2.24, 2.45) is 0 Å². The number of nitrogens with zero attached hydrogens (tertiary/aromatic N) is 4. The lowest BCUT2D eigenvalue weighted by atomic mass is 10.0. The third-order valence-electron chi connectivity index (χ3n) is 5.43. The van der Waals surface area contributed by atoms with E-state index >= 15 is 0 Å². The molecular weight excluding hydrogens is 463 g/mol. The number of benzene rings is 1. The normalized spacial score (nSPS) is 17.8. The van der Waals surface area contributed by atoms with Crippen molar-refractivity contribution in [1.82, 2.24) is 30.4 Å². The minimum Gasteiger partial charge on any atom is -0.389 e. The fraction of sp³-hybridized carbons (Fsp3) is 0.391. The van der Waals surface area contributed by atoms with Crippen LogP contribution < -0.4 is 16.4 Å². The number of carbonyl (C=O) groups is 1. The van der Waals surface area contributed by atoms with Crippen LogP contribution in [-0.4, -0.2) is 61.4 Å². The van der Waals surface area contributed by atoms with Crippen molar-refractivity contribution >= 4 is 11.7 Å². The molecule has 1 aromatic carbocycles. The summed E-state index contributed by atoms with van der Waals surface area (Å²) in [5.41, 5.74) is 6.02. The fourth-order valence-electron chi connectivity index (χ4n) is 3.88. The monoisotopic (exact) mass is 489 g/mol. The molecule has 3 heterocycles. The van der Waals surface area contributed by atoms with Crippen LogP contribution in [0.4, 0.5) is 19.0 Å². The van der Waals surface area contributed by atoms with E-state index in [4.69, 9.17) is 5.73 Å². The number of amides is 1. The molecule has 0 aliphatic carbocycles. The molecule has 1 amide bonds. The lowest BCUT2D eigenvalue weighted by Crippen LogP contribution is -2.53. The van der Waals surface area contributed by atoms with Gasteiger partial charge in [0.2, 0.25) is 0 Å². The number of nitrogens with one attached hydrogen (secondary N) is 2. The summed E-state index contributed by atoms with van der Waals surface area (Å²) in [5.74, 6) is -4.52. The van der Waals surface area contributed by atoms with Crippen molar-refractivity contribution in [1.29, 1.82) is 0 Å². The molecule has 0 saturated carbocycles. The average molecular weight is 490 g/mol. The zero-order valence-corrected chi connectivity index (χ0v) is 19.2. The maximum atomic E-state index is 14.7. The standard InChI is InChI=1S/C23H26F3N7O2/c1-22(2,35)12-33-10-14(7-30-33)13-3-4-17(24)16(5-13)18-9-29-20(27)19(32-18)21(34)31-15-6-23(25,26)11-28-8-15/h3-5,7,9-10,15,28,35H,6,8,11-12H2,1-2H3,(H2,27,29)(H,31,34). The van der Waals surface area contributed by atoms with Crippen LogP contribution in [0.5, 0.6) is 0 Å². The highest BCUT2D eigenvalue weighted by Crippen LogP contribution is 2.29. The number of anilines is 1. The van der Waals surface area contributed by atoms with E-state index in [1.54, 1.807) is 37.0 Å². The number of aliphatic hydroxyl groups is 1. The van der Waals surface area contributed by atoms with Gasteiger partial charge in [0.1, 0.15) is 5.82 Å². The van der Waals surface area contributed by atoms with E-state index in [0.717, 1.165) is 0 Å². The van der Waals surface area contributed by atoms with Crippen LogP contribution >= 0.6 is 0 Å². The third kappa shape index (κ3) is 5.95. The van der Waals surface area contributed by atoms with E-state index in [0.29, 0.717) is 11.1 Å². The van der Waals surface area contributed by atoms with Crippen LogP contribution in [-0.2, 0) is 6.54 Å². The Hall–Kier alpha value is -3.51. The van der Waals surface area contributed by atoms with Crippen LogP contribution in [0.2, 0.25) is 0 Å². The SMILES string of the molecule is CC(C)(O)Cn1cc(-c2ccc(F)c(-c3cnc(N)c(C(=O)NC4CNCC(F)(F)C4)n3)c2)cn1. The molecule has 1 fully saturated rings. The van der Waals surface area contributed by atoms with Crippen LogP contribution in [0.15, 0.2) is 36.8 Å². The first-order chi connectivity index (χ1) is 16.4. The first-order valence-corrected chi connectivity index (χ1v) is 11.0. The first kappa shape index (κ1) is 24.6. The van der Waals surface area contributed by atoms with Crippen molar-refractivity contribution < 1.29 is 23.1 Å². The largest absolute Gasteiger partial charge is 0.389 e. The number of nitrogens with two attached hydrogens (primary N) is 1. The number of alkyl halides is 2. The molecule has 186 valence electrons. The van der Waals surface area contributed by atoms with Crippen molar-refractivity contribution in [3.8, 4) is 22.4 Å². The molecule has 12 heteroatoms. The Bertz CT molecular complexity index is 1240. The topological polar surface area (TPSA) is 131 Å². The van der Waals surface area contributed by atoms with Crippen molar-refractivity contribution in [3.05, 3.63) is 48.3 Å². The van der Waals surface area contributed by atoms with Crippen molar-refractivity contribution in [2.45, 2.75) is 44.4 Å². The van der Waals surface area contributed by atoms with Gasteiger partial charge < -0.3 is 21.5 Å². The van der Waals surface area contributed by atoms with Crippen LogP contribution in [0.1, 0.15) is 30.8 Å². The maximum Gasteiger partial charge on any atom is 0.274 e. The molecule has 0 radical (unpaired) electrons. The summed E-state index contributed by atoms with van der Waals surface area (Å²) in [6.07, 6.45) is 4.03. The molecule has 9 nitrogen and oxygen atoms in total. The molecule has 1 aliphatic rings. The zero-order valence-electron chi connectivity index (χ0n) is 19.2. The van der Waals surface area contributed by atoms with Gasteiger partial charge in [-0.2, -0.15) is 5.10 Å². The summed E-state index contributed by atoms with van der Waals surface area (Å²) in [6, 6.07) is 3.54. The number of nitrogen functional groups attached to an aromatic ring is 1. The minimum absolute atomic E-state index is 0.0553. The molecule has 5 N–H and O–H groups in total. The van der Waals surface area contributed by atoms with Gasteiger partial charge in [-0.15, -0.1) is 0 Å². The second kappa shape index (κ2) is 9.27. The van der Waals surface area contributed by atoms with E-state index in [1.165, 1.54) is 18.3 Å². The van der Waals surface area contributed by atoms with Gasteiger partial charge in [0.15, 0.2) is 11.5 Å². The smallest absolute Gasteiger partial charge is 0.274 e. The zero-order chi connectivity index (χ0) is 25.4. The molecule has 2 aromatic heterocycles. The lowest BCUT2D eigenvalue weighted by Gasteiger charge is -2.30. The summed E-state index contributed by atoms with van der Waals surface area (Å²) in [4.78, 5) is 20.9. The average Bonchev–Trinajstić information content (AvgIpc) is 3.20. The predicted octanol–water partition coefficient (Wildman–Crippen LogP) is 2.23. The number of aromatic nitrogens is 4. The van der Waals surface area contributed by atoms with Crippen LogP contribution in [0.25, 0.3) is 22.4 Å². The number of piperidine rings is 1. The summed E-state index contributed by atoms with van der Waals surface area (Å²) in [7, 11) is 0. The number of hydrogen-bond donors (Lipinski definition) is 4. The third-order valence-corrected chi connectivity index (χ3v) is 5.43. The second-order valence-electron chi connectivity index (χ2n) is 9.28. The van der Waals surface area contributed by atoms with Gasteiger partial charge in [0.25, 0.3) is 11.8 Å². The van der Waals surface area contributed by atoms with Crippen LogP contribution in [0, 0.1) is 5.82 Å². The maximum absolute atomic E-state index is 14.7. The molecule has 4 rings (SSSR count). The second-order valence-corrected chi connectivity index (χ2v) is 9.28. The van der Waals surface area contributed by atoms with E-state index < -0.39 is 42.3 Å². The molecule has 35 heavy (non-hydrogen) atoms. The summed E-state index contributed by atoms with van der Waals surface area (Å²) in [6.45, 7) is 3.31. The Morgan fingerprint density at radius 2 is 2.11 bits per heavy atom. The highest BCUT2D eigenvalue weighted by Gasteiger charge is 2.37. The predicted molar refractivity (Wildman–Crippen MR) is 123 cm³/mol. The molecule has 1 unspecified atom stereocenters. The molecule has 1 saturated heterocycles. The summed E-state index contributed by atoms with van der Waals surface area (Å²) < 4.78 is 43.6. The van der Waals surface area contributed by atoms with E-state index in [1.807, 2.05) is 0 Å². The molecule has 3 aromatic rings.